The summed E-state index contributed by atoms with van der Waals surface area (Å²) in [5.41, 5.74) is 2.67. The van der Waals surface area contributed by atoms with Crippen molar-refractivity contribution in [3.63, 3.8) is 0 Å². The zero-order chi connectivity index (χ0) is 9.97. The second-order valence-electron chi connectivity index (χ2n) is 3.39. The van der Waals surface area contributed by atoms with Crippen LogP contribution >= 0.6 is 15.9 Å². The Morgan fingerprint density at radius 2 is 2.21 bits per heavy atom. The highest BCUT2D eigenvalue weighted by Gasteiger charge is 2.22. The quantitative estimate of drug-likeness (QED) is 0.549. The van der Waals surface area contributed by atoms with Crippen molar-refractivity contribution in [3.05, 3.63) is 53.6 Å². The molecule has 1 heteroatoms. The minimum atomic E-state index is 0.354. The molecule has 0 saturated heterocycles. The van der Waals surface area contributed by atoms with Gasteiger partial charge in [-0.15, -0.1) is 0 Å². The highest BCUT2D eigenvalue weighted by Crippen LogP contribution is 2.35. The Hall–Kier alpha value is -0.820. The van der Waals surface area contributed by atoms with Crippen molar-refractivity contribution in [3.8, 4) is 0 Å². The first-order valence-electron chi connectivity index (χ1n) is 4.78. The predicted octanol–water partition coefficient (Wildman–Crippen LogP) is 3.94. The molecule has 2 rings (SSSR count). The van der Waals surface area contributed by atoms with Crippen molar-refractivity contribution in [2.75, 3.05) is 0 Å². The number of fused-ring (bicyclic) bond motifs is 1. The van der Waals surface area contributed by atoms with Gasteiger partial charge >= 0.3 is 0 Å². The van der Waals surface area contributed by atoms with Gasteiger partial charge in [0.25, 0.3) is 0 Å². The van der Waals surface area contributed by atoms with Gasteiger partial charge in [0.15, 0.2) is 0 Å². The van der Waals surface area contributed by atoms with Crippen molar-refractivity contribution in [2.24, 2.45) is 0 Å². The monoisotopic (exact) mass is 247 g/mol. The topological polar surface area (TPSA) is 0 Å². The van der Waals surface area contributed by atoms with Gasteiger partial charge in [0, 0.05) is 10.7 Å². The lowest BCUT2D eigenvalue weighted by atomic mass is 9.97. The molecule has 0 bridgehead atoms. The number of allylic oxidation sites excluding steroid dienone is 3. The van der Waals surface area contributed by atoms with E-state index in [0.717, 1.165) is 0 Å². The van der Waals surface area contributed by atoms with Crippen molar-refractivity contribution < 1.29 is 0 Å². The first-order chi connectivity index (χ1) is 6.83. The molecule has 0 saturated carbocycles. The normalized spacial score (nSPS) is 21.4. The fraction of sp³-hybridized carbons (Fsp3) is 0.231. The van der Waals surface area contributed by atoms with Gasteiger partial charge in [0.1, 0.15) is 0 Å². The second kappa shape index (κ2) is 4.14. The number of hydrogen-bond acceptors (Lipinski definition) is 0. The standard InChI is InChI=1S/C13H12Br/c1-2-5-13(14)12-9-8-10-6-3-4-7-11(10)12/h2-8,12-13H,1H3. The Labute approximate surface area is 93.5 Å². The van der Waals surface area contributed by atoms with E-state index < -0.39 is 0 Å². The van der Waals surface area contributed by atoms with E-state index in [9.17, 15) is 0 Å². The van der Waals surface area contributed by atoms with Crippen molar-refractivity contribution in [1.29, 1.82) is 0 Å². The van der Waals surface area contributed by atoms with Gasteiger partial charge in [0.05, 0.1) is 0 Å². The van der Waals surface area contributed by atoms with Crippen LogP contribution in [0.25, 0.3) is 6.08 Å². The molecule has 0 heterocycles. The van der Waals surface area contributed by atoms with E-state index in [1.54, 1.807) is 0 Å². The molecule has 0 amide bonds. The molecule has 2 unspecified atom stereocenters. The van der Waals surface area contributed by atoms with E-state index >= 15 is 0 Å². The summed E-state index contributed by atoms with van der Waals surface area (Å²) < 4.78 is 0. The highest BCUT2D eigenvalue weighted by molar-refractivity contribution is 9.09. The van der Waals surface area contributed by atoms with Crippen LogP contribution in [0.2, 0.25) is 0 Å². The molecule has 0 nitrogen and oxygen atoms in total. The smallest absolute Gasteiger partial charge is 0.0434 e. The van der Waals surface area contributed by atoms with Gasteiger partial charge in [-0.2, -0.15) is 0 Å². The number of rotatable bonds is 2. The van der Waals surface area contributed by atoms with Gasteiger partial charge in [-0.1, -0.05) is 58.4 Å². The molecule has 0 aromatic heterocycles. The van der Waals surface area contributed by atoms with Crippen LogP contribution < -0.4 is 0 Å². The molecular weight excluding hydrogens is 236 g/mol. The van der Waals surface area contributed by atoms with E-state index in [2.05, 4.69) is 64.5 Å². The van der Waals surface area contributed by atoms with Crippen LogP contribution in [0.15, 0.2) is 36.4 Å². The summed E-state index contributed by atoms with van der Waals surface area (Å²) in [5, 5.41) is 0. The molecule has 2 atom stereocenters. The summed E-state index contributed by atoms with van der Waals surface area (Å²) in [5.74, 6) is 0.363. The van der Waals surface area contributed by atoms with Crippen molar-refractivity contribution in [2.45, 2.75) is 17.7 Å². The zero-order valence-electron chi connectivity index (χ0n) is 8.07. The maximum absolute atomic E-state index is 3.67. The molecule has 0 aliphatic heterocycles. The largest absolute Gasteiger partial charge is 0.0905 e. The van der Waals surface area contributed by atoms with Crippen LogP contribution in [0.1, 0.15) is 24.0 Å². The Morgan fingerprint density at radius 1 is 1.43 bits per heavy atom. The Bertz CT molecular complexity index is 377. The summed E-state index contributed by atoms with van der Waals surface area (Å²) in [6.45, 7) is 2.04. The maximum atomic E-state index is 3.67. The minimum absolute atomic E-state index is 0.354. The third-order valence-corrected chi connectivity index (χ3v) is 3.28. The molecule has 71 valence electrons. The van der Waals surface area contributed by atoms with Crippen LogP contribution in [0.3, 0.4) is 0 Å². The first-order valence-corrected chi connectivity index (χ1v) is 5.69. The molecule has 14 heavy (non-hydrogen) atoms. The number of halogens is 1. The molecule has 0 N–H and O–H groups in total. The zero-order valence-corrected chi connectivity index (χ0v) is 9.66. The summed E-state index contributed by atoms with van der Waals surface area (Å²) in [6, 6.07) is 8.46. The molecule has 1 aromatic rings. The highest BCUT2D eigenvalue weighted by atomic mass is 79.9. The van der Waals surface area contributed by atoms with Gasteiger partial charge in [0.2, 0.25) is 0 Å². The summed E-state index contributed by atoms with van der Waals surface area (Å²) >= 11 is 3.67. The molecule has 0 fully saturated rings. The minimum Gasteiger partial charge on any atom is -0.0905 e. The van der Waals surface area contributed by atoms with Crippen LogP contribution in [-0.2, 0) is 0 Å². The lowest BCUT2D eigenvalue weighted by Crippen LogP contribution is -2.05. The van der Waals surface area contributed by atoms with Crippen molar-refractivity contribution in [1.82, 2.24) is 0 Å². The van der Waals surface area contributed by atoms with E-state index in [0.29, 0.717) is 10.7 Å². The van der Waals surface area contributed by atoms with Gasteiger partial charge in [-0.05, 0) is 24.1 Å². The van der Waals surface area contributed by atoms with Gasteiger partial charge < -0.3 is 0 Å². The Morgan fingerprint density at radius 3 is 3.00 bits per heavy atom. The van der Waals surface area contributed by atoms with Crippen LogP contribution in [0, 0.1) is 6.08 Å². The van der Waals surface area contributed by atoms with Gasteiger partial charge in [-0.3, -0.25) is 0 Å². The van der Waals surface area contributed by atoms with Crippen LogP contribution in [-0.4, -0.2) is 4.83 Å². The third-order valence-electron chi connectivity index (χ3n) is 2.44. The van der Waals surface area contributed by atoms with Crippen LogP contribution in [0.5, 0.6) is 0 Å². The number of alkyl halides is 1. The molecular formula is C13H12Br. The Kier molecular flexibility index (Phi) is 2.87. The molecule has 1 radical (unpaired) electrons. The lowest BCUT2D eigenvalue weighted by molar-refractivity contribution is 0.887. The molecule has 1 aromatic carbocycles. The maximum Gasteiger partial charge on any atom is 0.0434 e. The molecule has 0 spiro atoms. The Balaban J connectivity index is 2.30. The lowest BCUT2D eigenvalue weighted by Gasteiger charge is -2.13. The fourth-order valence-corrected chi connectivity index (χ4v) is 2.50. The number of hydrogen-bond donors (Lipinski definition) is 0. The average molecular weight is 248 g/mol. The van der Waals surface area contributed by atoms with E-state index in [1.165, 1.54) is 11.1 Å². The van der Waals surface area contributed by atoms with E-state index in [4.69, 9.17) is 0 Å². The summed E-state index contributed by atoms with van der Waals surface area (Å²) in [7, 11) is 0. The SMILES string of the molecule is CC=CC(Br)C1[C]=Cc2ccccc21. The molecule has 1 aliphatic rings. The average Bonchev–Trinajstić information content (AvgIpc) is 2.61. The second-order valence-corrected chi connectivity index (χ2v) is 4.45. The summed E-state index contributed by atoms with van der Waals surface area (Å²) in [6.07, 6.45) is 9.70. The van der Waals surface area contributed by atoms with Crippen molar-refractivity contribution >= 4 is 22.0 Å². The third kappa shape index (κ3) is 1.69. The van der Waals surface area contributed by atoms with Crippen LogP contribution in [0.4, 0.5) is 0 Å². The number of benzene rings is 1. The predicted molar refractivity (Wildman–Crippen MR) is 64.4 cm³/mol. The molecule has 1 aliphatic carbocycles. The fourth-order valence-electron chi connectivity index (χ4n) is 1.75. The first kappa shape index (κ1) is 9.72. The van der Waals surface area contributed by atoms with Gasteiger partial charge in [-0.25, -0.2) is 0 Å². The van der Waals surface area contributed by atoms with E-state index in [-0.39, 0.29) is 0 Å². The van der Waals surface area contributed by atoms with E-state index in [1.807, 2.05) is 6.92 Å². The summed E-state index contributed by atoms with van der Waals surface area (Å²) in [4.78, 5) is 0.354.